The molecule has 7 heteroatoms. The summed E-state index contributed by atoms with van der Waals surface area (Å²) in [6.45, 7) is 0. The van der Waals surface area contributed by atoms with Crippen LogP contribution in [0.1, 0.15) is 24.3 Å². The third-order valence-corrected chi connectivity index (χ3v) is 5.99. The van der Waals surface area contributed by atoms with Gasteiger partial charge in [0, 0.05) is 36.4 Å². The highest BCUT2D eigenvalue weighted by molar-refractivity contribution is 7.98. The number of benzene rings is 1. The Morgan fingerprint density at radius 2 is 1.63 bits per heavy atom. The molecular formula is C23H25N3O2S2. The van der Waals surface area contributed by atoms with E-state index in [1.54, 1.807) is 40.6 Å². The quantitative estimate of drug-likeness (QED) is 0.405. The average Bonchev–Trinajstić information content (AvgIpc) is 3.22. The molecule has 0 spiro atoms. The SMILES string of the molecule is CSCCC(=O)C(C(=O)CCSC)c1cn(-c2cccnc2)nc1-c1ccccc1. The smallest absolute Gasteiger partial charge is 0.148 e. The first kappa shape index (κ1) is 22.3. The molecule has 0 aliphatic rings. The summed E-state index contributed by atoms with van der Waals surface area (Å²) in [7, 11) is 0. The lowest BCUT2D eigenvalue weighted by molar-refractivity contribution is -0.128. The molecule has 30 heavy (non-hydrogen) atoms. The highest BCUT2D eigenvalue weighted by Crippen LogP contribution is 2.32. The molecule has 0 saturated carbocycles. The molecule has 0 amide bonds. The van der Waals surface area contributed by atoms with Crippen LogP contribution in [0, 0.1) is 0 Å². The van der Waals surface area contributed by atoms with E-state index in [2.05, 4.69) is 4.98 Å². The maximum atomic E-state index is 13.1. The zero-order chi connectivity index (χ0) is 21.3. The Morgan fingerprint density at radius 1 is 0.967 bits per heavy atom. The molecule has 0 radical (unpaired) electrons. The van der Waals surface area contributed by atoms with Gasteiger partial charge in [0.25, 0.3) is 0 Å². The molecule has 0 unspecified atom stereocenters. The molecule has 0 aliphatic heterocycles. The predicted molar refractivity (Wildman–Crippen MR) is 126 cm³/mol. The molecular weight excluding hydrogens is 414 g/mol. The van der Waals surface area contributed by atoms with Crippen molar-refractivity contribution < 1.29 is 9.59 Å². The summed E-state index contributed by atoms with van der Waals surface area (Å²) in [6, 6.07) is 13.4. The Balaban J connectivity index is 2.11. The molecule has 0 saturated heterocycles. The molecule has 2 heterocycles. The number of thioether (sulfide) groups is 2. The summed E-state index contributed by atoms with van der Waals surface area (Å²) in [5, 5.41) is 4.76. The van der Waals surface area contributed by atoms with E-state index in [9.17, 15) is 9.59 Å². The van der Waals surface area contributed by atoms with Gasteiger partial charge in [-0.05, 0) is 36.1 Å². The summed E-state index contributed by atoms with van der Waals surface area (Å²) in [4.78, 5) is 30.5. The van der Waals surface area contributed by atoms with Gasteiger partial charge in [-0.25, -0.2) is 4.68 Å². The van der Waals surface area contributed by atoms with Crippen molar-refractivity contribution in [1.82, 2.24) is 14.8 Å². The largest absolute Gasteiger partial charge is 0.298 e. The molecule has 0 bridgehead atoms. The minimum Gasteiger partial charge on any atom is -0.298 e. The number of aromatic nitrogens is 3. The number of hydrogen-bond acceptors (Lipinski definition) is 6. The summed E-state index contributed by atoms with van der Waals surface area (Å²) in [5.41, 5.74) is 3.00. The first-order valence-corrected chi connectivity index (χ1v) is 12.5. The van der Waals surface area contributed by atoms with Gasteiger partial charge in [0.05, 0.1) is 17.6 Å². The maximum absolute atomic E-state index is 13.1. The third-order valence-electron chi connectivity index (χ3n) is 4.76. The second-order valence-corrected chi connectivity index (χ2v) is 8.78. The summed E-state index contributed by atoms with van der Waals surface area (Å²) < 4.78 is 1.71. The van der Waals surface area contributed by atoms with E-state index in [0.29, 0.717) is 35.6 Å². The van der Waals surface area contributed by atoms with E-state index in [-0.39, 0.29) is 11.6 Å². The molecule has 3 aromatic rings. The molecule has 0 fully saturated rings. The number of Topliss-reactive ketones (excluding diaryl/α,β-unsaturated/α-hetero) is 2. The van der Waals surface area contributed by atoms with Crippen LogP contribution in [0.5, 0.6) is 0 Å². The number of pyridine rings is 1. The van der Waals surface area contributed by atoms with Gasteiger partial charge in [-0.1, -0.05) is 30.3 Å². The van der Waals surface area contributed by atoms with Crippen molar-refractivity contribution in [3.05, 3.63) is 66.6 Å². The molecule has 0 atom stereocenters. The highest BCUT2D eigenvalue weighted by atomic mass is 32.2. The van der Waals surface area contributed by atoms with E-state index >= 15 is 0 Å². The van der Waals surface area contributed by atoms with Crippen molar-refractivity contribution >= 4 is 35.1 Å². The Kier molecular flexibility index (Phi) is 8.28. The topological polar surface area (TPSA) is 64.8 Å². The van der Waals surface area contributed by atoms with Gasteiger partial charge in [-0.15, -0.1) is 0 Å². The molecule has 1 aromatic carbocycles. The minimum atomic E-state index is -0.801. The fourth-order valence-corrected chi connectivity index (χ4v) is 4.07. The van der Waals surface area contributed by atoms with Crippen molar-refractivity contribution in [3.63, 3.8) is 0 Å². The molecule has 3 rings (SSSR count). The van der Waals surface area contributed by atoms with Crippen molar-refractivity contribution in [2.24, 2.45) is 0 Å². The van der Waals surface area contributed by atoms with Crippen LogP contribution in [-0.2, 0) is 9.59 Å². The molecule has 0 N–H and O–H groups in total. The van der Waals surface area contributed by atoms with Gasteiger partial charge >= 0.3 is 0 Å². The first-order valence-electron chi connectivity index (χ1n) is 9.74. The van der Waals surface area contributed by atoms with Crippen molar-refractivity contribution in [2.75, 3.05) is 24.0 Å². The zero-order valence-electron chi connectivity index (χ0n) is 17.2. The van der Waals surface area contributed by atoms with E-state index in [4.69, 9.17) is 5.10 Å². The number of hydrogen-bond donors (Lipinski definition) is 0. The summed E-state index contributed by atoms with van der Waals surface area (Å²) in [6.07, 6.45) is 9.89. The first-order chi connectivity index (χ1) is 14.7. The van der Waals surface area contributed by atoms with Crippen molar-refractivity contribution in [2.45, 2.75) is 18.8 Å². The number of carbonyl (C=O) groups excluding carboxylic acids is 2. The Bertz CT molecular complexity index is 955. The normalized spacial score (nSPS) is 11.0. The van der Waals surface area contributed by atoms with E-state index in [1.165, 1.54) is 0 Å². The highest BCUT2D eigenvalue weighted by Gasteiger charge is 2.32. The lowest BCUT2D eigenvalue weighted by Crippen LogP contribution is -2.23. The van der Waals surface area contributed by atoms with Crippen LogP contribution in [-0.4, -0.2) is 50.3 Å². The van der Waals surface area contributed by atoms with Crippen LogP contribution in [0.2, 0.25) is 0 Å². The van der Waals surface area contributed by atoms with Crippen molar-refractivity contribution in [1.29, 1.82) is 0 Å². The van der Waals surface area contributed by atoms with Gasteiger partial charge in [0.2, 0.25) is 0 Å². The van der Waals surface area contributed by atoms with E-state index in [0.717, 1.165) is 11.3 Å². The summed E-state index contributed by atoms with van der Waals surface area (Å²) >= 11 is 3.22. The van der Waals surface area contributed by atoms with Crippen LogP contribution in [0.3, 0.4) is 0 Å². The Labute approximate surface area is 185 Å². The van der Waals surface area contributed by atoms with Gasteiger partial charge in [-0.3, -0.25) is 14.6 Å². The van der Waals surface area contributed by atoms with Gasteiger partial charge in [0.1, 0.15) is 17.5 Å². The second-order valence-electron chi connectivity index (χ2n) is 6.81. The fraction of sp³-hybridized carbons (Fsp3) is 0.304. The van der Waals surface area contributed by atoms with Crippen LogP contribution in [0.15, 0.2) is 61.1 Å². The molecule has 156 valence electrons. The van der Waals surface area contributed by atoms with Crippen LogP contribution < -0.4 is 0 Å². The zero-order valence-corrected chi connectivity index (χ0v) is 18.8. The van der Waals surface area contributed by atoms with Crippen LogP contribution in [0.25, 0.3) is 16.9 Å². The lowest BCUT2D eigenvalue weighted by Gasteiger charge is -2.15. The van der Waals surface area contributed by atoms with E-state index in [1.807, 2.05) is 61.2 Å². The number of nitrogens with zero attached hydrogens (tertiary/aromatic N) is 3. The average molecular weight is 440 g/mol. The number of carbonyl (C=O) groups is 2. The second kappa shape index (κ2) is 11.1. The maximum Gasteiger partial charge on any atom is 0.148 e. The minimum absolute atomic E-state index is 0.0432. The Hall–Kier alpha value is -2.38. The van der Waals surface area contributed by atoms with Crippen LogP contribution in [0.4, 0.5) is 0 Å². The third kappa shape index (κ3) is 5.40. The van der Waals surface area contributed by atoms with E-state index < -0.39 is 5.92 Å². The van der Waals surface area contributed by atoms with Gasteiger partial charge in [0.15, 0.2) is 0 Å². The predicted octanol–water partition coefficient (Wildman–Crippen LogP) is 4.66. The fourth-order valence-electron chi connectivity index (χ4n) is 3.26. The molecule has 2 aromatic heterocycles. The van der Waals surface area contributed by atoms with Gasteiger partial charge in [-0.2, -0.15) is 28.6 Å². The Morgan fingerprint density at radius 3 is 2.20 bits per heavy atom. The van der Waals surface area contributed by atoms with Crippen LogP contribution >= 0.6 is 23.5 Å². The molecule has 5 nitrogen and oxygen atoms in total. The number of rotatable bonds is 11. The summed E-state index contributed by atoms with van der Waals surface area (Å²) in [5.74, 6) is 0.507. The standard InChI is InChI=1S/C23H25N3O2S2/c1-29-13-10-20(27)22(21(28)11-14-30-2)19-16-26(18-9-6-12-24-15-18)25-23(19)17-7-4-3-5-8-17/h3-9,12,15-16,22H,10-11,13-14H2,1-2H3. The lowest BCUT2D eigenvalue weighted by atomic mass is 9.87. The number of ketones is 2. The van der Waals surface area contributed by atoms with Gasteiger partial charge < -0.3 is 0 Å². The monoisotopic (exact) mass is 439 g/mol. The van der Waals surface area contributed by atoms with Crippen molar-refractivity contribution in [3.8, 4) is 16.9 Å². The molecule has 0 aliphatic carbocycles.